The van der Waals surface area contributed by atoms with E-state index in [9.17, 15) is 9.59 Å². The molecule has 0 aliphatic carbocycles. The number of hydrogen-bond acceptors (Lipinski definition) is 7. The van der Waals surface area contributed by atoms with Crippen LogP contribution >= 0.6 is 0 Å². The van der Waals surface area contributed by atoms with E-state index in [1.165, 1.54) is 26.2 Å². The van der Waals surface area contributed by atoms with Crippen molar-refractivity contribution in [2.45, 2.75) is 19.2 Å². The fourth-order valence-corrected chi connectivity index (χ4v) is 4.02. The van der Waals surface area contributed by atoms with Crippen LogP contribution in [0.3, 0.4) is 0 Å². The number of hydrogen-bond donors (Lipinski definition) is 0. The Hall–Kier alpha value is -2.96. The number of azo groups is 1. The van der Waals surface area contributed by atoms with Crippen molar-refractivity contribution in [1.29, 1.82) is 0 Å². The van der Waals surface area contributed by atoms with E-state index in [1.807, 2.05) is 46.3 Å². The van der Waals surface area contributed by atoms with Gasteiger partial charge in [-0.2, -0.15) is 0 Å². The number of esters is 2. The van der Waals surface area contributed by atoms with E-state index in [4.69, 9.17) is 9.15 Å². The molecule has 1 unspecified atom stereocenters. The summed E-state index contributed by atoms with van der Waals surface area (Å²) in [6.07, 6.45) is 0. The number of ether oxygens (including phenoxy) is 2. The summed E-state index contributed by atoms with van der Waals surface area (Å²) in [5.74, 6) is -1.03. The van der Waals surface area contributed by atoms with Crippen LogP contribution in [0.1, 0.15) is 34.4 Å². The summed E-state index contributed by atoms with van der Waals surface area (Å²) in [5, 5.41) is 8.63. The fourth-order valence-electron chi connectivity index (χ4n) is 2.57. The van der Waals surface area contributed by atoms with Crippen LogP contribution in [0, 0.1) is 0 Å². The van der Waals surface area contributed by atoms with Crippen molar-refractivity contribution in [2.75, 3.05) is 7.11 Å². The Labute approximate surface area is 167 Å². The van der Waals surface area contributed by atoms with Crippen molar-refractivity contribution in [3.8, 4) is 0 Å². The maximum atomic E-state index is 11.9. The van der Waals surface area contributed by atoms with Crippen LogP contribution in [0.2, 0.25) is 0 Å². The van der Waals surface area contributed by atoms with Crippen molar-refractivity contribution in [3.05, 3.63) is 81.1 Å². The molecule has 1 atom stereocenters. The number of carbonyl (C=O) groups excluding carboxylic acids is 2. The summed E-state index contributed by atoms with van der Waals surface area (Å²) in [6.45, 7) is 1.59. The first-order valence-corrected chi connectivity index (χ1v) is 10.4. The van der Waals surface area contributed by atoms with E-state index in [0.29, 0.717) is 12.1 Å². The van der Waals surface area contributed by atoms with Gasteiger partial charge in [-0.25, -0.2) is 0 Å². The van der Waals surface area contributed by atoms with Gasteiger partial charge in [0.1, 0.15) is 0 Å². The molecule has 0 saturated heterocycles. The van der Waals surface area contributed by atoms with Crippen molar-refractivity contribution in [3.63, 3.8) is 0 Å². The predicted molar refractivity (Wildman–Crippen MR) is 101 cm³/mol. The molecular formula is C20H18N2O5Se. The Morgan fingerprint density at radius 3 is 2.57 bits per heavy atom. The molecule has 28 heavy (non-hydrogen) atoms. The standard InChI is InChI=1S/C20H18N2O5Se/c1-14(23)27-20(16-10-11-28-13-16,18-9-8-17(26-18)19(24)25-2)22-21-12-15-6-4-3-5-7-15/h3-11,13H,12H2,1-2H3. The average molecular weight is 445 g/mol. The number of benzene rings is 1. The molecule has 8 heteroatoms. The van der Waals surface area contributed by atoms with Gasteiger partial charge in [0, 0.05) is 0 Å². The molecule has 2 aromatic heterocycles. The summed E-state index contributed by atoms with van der Waals surface area (Å²) in [7, 11) is 1.26. The second-order valence-electron chi connectivity index (χ2n) is 5.79. The van der Waals surface area contributed by atoms with Crippen LogP contribution in [0.15, 0.2) is 73.1 Å². The molecule has 2 heterocycles. The van der Waals surface area contributed by atoms with Crippen LogP contribution in [0.4, 0.5) is 0 Å². The van der Waals surface area contributed by atoms with Gasteiger partial charge in [-0.1, -0.05) is 0 Å². The molecule has 0 radical (unpaired) electrons. The maximum absolute atomic E-state index is 11.9. The summed E-state index contributed by atoms with van der Waals surface area (Å²) in [5.41, 5.74) is -0.00939. The van der Waals surface area contributed by atoms with Crippen LogP contribution in [0.5, 0.6) is 0 Å². The third-order valence-corrected chi connectivity index (χ3v) is 5.27. The van der Waals surface area contributed by atoms with E-state index in [0.717, 1.165) is 5.56 Å². The number of carbonyl (C=O) groups is 2. The second kappa shape index (κ2) is 8.82. The minimum absolute atomic E-state index is 0.0135. The molecule has 3 aromatic rings. The summed E-state index contributed by atoms with van der Waals surface area (Å²) in [4.78, 5) is 27.6. The first kappa shape index (κ1) is 19.8. The van der Waals surface area contributed by atoms with Crippen LogP contribution in [0.25, 0.3) is 0 Å². The summed E-state index contributed by atoms with van der Waals surface area (Å²) in [6, 6.07) is 14.4. The Morgan fingerprint density at radius 1 is 1.14 bits per heavy atom. The first-order valence-electron chi connectivity index (χ1n) is 8.38. The van der Waals surface area contributed by atoms with Gasteiger partial charge in [-0.3, -0.25) is 0 Å². The van der Waals surface area contributed by atoms with E-state index < -0.39 is 17.7 Å². The molecule has 0 amide bonds. The minimum atomic E-state index is -1.60. The molecular weight excluding hydrogens is 427 g/mol. The van der Waals surface area contributed by atoms with Crippen molar-refractivity contribution in [2.24, 2.45) is 10.2 Å². The predicted octanol–water partition coefficient (Wildman–Crippen LogP) is 3.54. The molecule has 0 N–H and O–H groups in total. The van der Waals surface area contributed by atoms with Crippen LogP contribution < -0.4 is 0 Å². The van der Waals surface area contributed by atoms with Gasteiger partial charge in [0.05, 0.1) is 0 Å². The van der Waals surface area contributed by atoms with E-state index in [-0.39, 0.29) is 26.0 Å². The molecule has 144 valence electrons. The van der Waals surface area contributed by atoms with Gasteiger partial charge in [0.2, 0.25) is 0 Å². The average Bonchev–Trinajstić information content (AvgIpc) is 3.39. The third-order valence-electron chi connectivity index (χ3n) is 3.84. The topological polar surface area (TPSA) is 90.5 Å². The third kappa shape index (κ3) is 4.30. The zero-order valence-electron chi connectivity index (χ0n) is 15.3. The van der Waals surface area contributed by atoms with Gasteiger partial charge < -0.3 is 0 Å². The van der Waals surface area contributed by atoms with E-state index >= 15 is 0 Å². The van der Waals surface area contributed by atoms with E-state index in [1.54, 1.807) is 0 Å². The monoisotopic (exact) mass is 446 g/mol. The number of rotatable bonds is 7. The Bertz CT molecular complexity index is 966. The molecule has 0 saturated carbocycles. The van der Waals surface area contributed by atoms with Crippen molar-refractivity contribution in [1.82, 2.24) is 0 Å². The fraction of sp³-hybridized carbons (Fsp3) is 0.200. The Morgan fingerprint density at radius 2 is 1.93 bits per heavy atom. The van der Waals surface area contributed by atoms with Crippen molar-refractivity contribution < 1.29 is 23.5 Å². The van der Waals surface area contributed by atoms with Gasteiger partial charge in [-0.15, -0.1) is 0 Å². The normalized spacial score (nSPS) is 13.2. The molecule has 0 aliphatic heterocycles. The Kier molecular flexibility index (Phi) is 6.23. The van der Waals surface area contributed by atoms with Crippen LogP contribution in [-0.2, 0) is 26.5 Å². The summed E-state index contributed by atoms with van der Waals surface area (Å²) >= 11 is 0.105. The molecule has 0 fully saturated rings. The molecule has 0 spiro atoms. The second-order valence-corrected chi connectivity index (χ2v) is 7.43. The van der Waals surface area contributed by atoms with Gasteiger partial charge >= 0.3 is 168 Å². The first-order chi connectivity index (χ1) is 13.5. The molecule has 1 aromatic carbocycles. The molecule has 0 aliphatic rings. The van der Waals surface area contributed by atoms with E-state index in [2.05, 4.69) is 15.0 Å². The van der Waals surface area contributed by atoms with Gasteiger partial charge in [0.25, 0.3) is 0 Å². The number of furan rings is 1. The van der Waals surface area contributed by atoms with Crippen molar-refractivity contribution >= 4 is 26.4 Å². The van der Waals surface area contributed by atoms with Gasteiger partial charge in [0.15, 0.2) is 0 Å². The Balaban J connectivity index is 2.04. The zero-order chi connectivity index (χ0) is 20.0. The number of nitrogens with zero attached hydrogens (tertiary/aromatic N) is 2. The summed E-state index contributed by atoms with van der Waals surface area (Å²) < 4.78 is 16.0. The molecule has 0 bridgehead atoms. The SMILES string of the molecule is COC(=O)c1ccc(C(N=NCc2ccccc2)(OC(C)=O)c2cc[se]c2)o1. The number of methoxy groups -OCH3 is 1. The molecule has 3 rings (SSSR count). The quantitative estimate of drug-likeness (QED) is 0.315. The zero-order valence-corrected chi connectivity index (χ0v) is 17.0. The van der Waals surface area contributed by atoms with Crippen LogP contribution in [-0.4, -0.2) is 33.6 Å². The molecule has 7 nitrogen and oxygen atoms in total. The van der Waals surface area contributed by atoms with Gasteiger partial charge in [-0.05, 0) is 0 Å².